The lowest BCUT2D eigenvalue weighted by molar-refractivity contribution is 0.327. The van der Waals surface area contributed by atoms with Crippen LogP contribution in [0.15, 0.2) is 30.9 Å². The van der Waals surface area contributed by atoms with Crippen LogP contribution in [0.25, 0.3) is 0 Å². The lowest BCUT2D eigenvalue weighted by atomic mass is 9.96. The maximum absolute atomic E-state index is 5.66. The fraction of sp³-hybridized carbons (Fsp3) is 0.533. The number of hydrogen-bond acceptors (Lipinski definition) is 5. The van der Waals surface area contributed by atoms with Crippen LogP contribution in [-0.4, -0.2) is 19.7 Å². The Labute approximate surface area is 124 Å². The van der Waals surface area contributed by atoms with Crippen molar-refractivity contribution in [1.82, 2.24) is 25.2 Å². The molecule has 0 spiro atoms. The number of aromatic nitrogens is 4. The van der Waals surface area contributed by atoms with E-state index in [1.165, 1.54) is 32.1 Å². The van der Waals surface area contributed by atoms with Crippen molar-refractivity contribution in [1.29, 1.82) is 0 Å². The summed E-state index contributed by atoms with van der Waals surface area (Å²) in [6, 6.07) is 4.49. The molecule has 0 amide bonds. The minimum atomic E-state index is -0.0392. The van der Waals surface area contributed by atoms with Gasteiger partial charge in [-0.1, -0.05) is 19.3 Å². The predicted molar refractivity (Wildman–Crippen MR) is 80.1 cm³/mol. The molecule has 0 aromatic carbocycles. The first kappa shape index (κ1) is 14.2. The van der Waals surface area contributed by atoms with Crippen molar-refractivity contribution >= 4 is 0 Å². The number of hydrazine groups is 1. The fourth-order valence-corrected chi connectivity index (χ4v) is 3.00. The van der Waals surface area contributed by atoms with E-state index >= 15 is 0 Å². The maximum Gasteiger partial charge on any atom is 0.115 e. The predicted octanol–water partition coefficient (Wildman–Crippen LogP) is 1.93. The quantitative estimate of drug-likeness (QED) is 0.648. The van der Waals surface area contributed by atoms with Crippen molar-refractivity contribution < 1.29 is 0 Å². The zero-order valence-electron chi connectivity index (χ0n) is 12.2. The van der Waals surface area contributed by atoms with Gasteiger partial charge in [0.15, 0.2) is 0 Å². The van der Waals surface area contributed by atoms with Gasteiger partial charge >= 0.3 is 0 Å². The summed E-state index contributed by atoms with van der Waals surface area (Å²) in [5.41, 5.74) is 4.75. The molecule has 1 aliphatic rings. The Hall–Kier alpha value is -1.79. The third kappa shape index (κ3) is 3.46. The van der Waals surface area contributed by atoms with Gasteiger partial charge in [0.1, 0.15) is 6.33 Å². The normalized spacial score (nSPS) is 17.8. The van der Waals surface area contributed by atoms with E-state index in [1.807, 2.05) is 6.07 Å². The van der Waals surface area contributed by atoms with Crippen LogP contribution >= 0.6 is 0 Å². The number of nitrogens with zero attached hydrogens (tertiary/aromatic N) is 4. The summed E-state index contributed by atoms with van der Waals surface area (Å²) >= 11 is 0. The molecule has 6 heteroatoms. The second kappa shape index (κ2) is 6.78. The number of rotatable bonds is 5. The number of hydrogen-bond donors (Lipinski definition) is 2. The van der Waals surface area contributed by atoms with Crippen LogP contribution in [0.1, 0.15) is 55.6 Å². The molecule has 1 unspecified atom stereocenters. The molecule has 112 valence electrons. The molecule has 0 radical (unpaired) electrons. The van der Waals surface area contributed by atoms with Gasteiger partial charge < -0.3 is 0 Å². The molecule has 3 N–H and O–H groups in total. The Morgan fingerprint density at radius 3 is 2.86 bits per heavy atom. The molecule has 21 heavy (non-hydrogen) atoms. The monoisotopic (exact) mass is 286 g/mol. The zero-order valence-corrected chi connectivity index (χ0v) is 12.2. The Balaban J connectivity index is 1.68. The van der Waals surface area contributed by atoms with E-state index < -0.39 is 0 Å². The van der Waals surface area contributed by atoms with E-state index in [4.69, 9.17) is 10.9 Å². The molecular formula is C15H22N6. The smallest absolute Gasteiger partial charge is 0.115 e. The summed E-state index contributed by atoms with van der Waals surface area (Å²) < 4.78 is 2.13. The molecule has 2 aromatic heterocycles. The average Bonchev–Trinajstić information content (AvgIpc) is 3.03. The second-order valence-corrected chi connectivity index (χ2v) is 5.64. The first-order valence-electron chi connectivity index (χ1n) is 7.63. The molecule has 1 aliphatic carbocycles. The summed E-state index contributed by atoms with van der Waals surface area (Å²) in [6.45, 7) is 0. The van der Waals surface area contributed by atoms with Gasteiger partial charge in [-0.05, 0) is 25.0 Å². The Morgan fingerprint density at radius 2 is 2.14 bits per heavy atom. The molecule has 6 nitrogen and oxygen atoms in total. The fourth-order valence-electron chi connectivity index (χ4n) is 3.00. The highest BCUT2D eigenvalue weighted by atomic mass is 15.3. The highest BCUT2D eigenvalue weighted by molar-refractivity contribution is 5.10. The summed E-state index contributed by atoms with van der Waals surface area (Å²) in [5, 5.41) is 4.72. The summed E-state index contributed by atoms with van der Waals surface area (Å²) in [5.74, 6) is 5.66. The van der Waals surface area contributed by atoms with Crippen LogP contribution in [0.4, 0.5) is 0 Å². The van der Waals surface area contributed by atoms with Crippen molar-refractivity contribution in [3.63, 3.8) is 0 Å². The molecule has 1 fully saturated rings. The average molecular weight is 286 g/mol. The van der Waals surface area contributed by atoms with Crippen molar-refractivity contribution in [2.75, 3.05) is 0 Å². The number of nitrogens with two attached hydrogens (primary N) is 1. The molecule has 1 saturated carbocycles. The van der Waals surface area contributed by atoms with E-state index in [2.05, 4.69) is 32.3 Å². The van der Waals surface area contributed by atoms with Gasteiger partial charge in [-0.3, -0.25) is 16.0 Å². The van der Waals surface area contributed by atoms with Crippen LogP contribution in [0.5, 0.6) is 0 Å². The van der Waals surface area contributed by atoms with E-state index in [1.54, 1.807) is 12.5 Å². The van der Waals surface area contributed by atoms with Crippen LogP contribution < -0.4 is 11.3 Å². The molecule has 0 bridgehead atoms. The topological polar surface area (TPSA) is 81.6 Å². The molecule has 2 heterocycles. The lowest BCUT2D eigenvalue weighted by Crippen LogP contribution is -2.30. The van der Waals surface area contributed by atoms with Crippen LogP contribution in [0.2, 0.25) is 0 Å². The van der Waals surface area contributed by atoms with Gasteiger partial charge in [0, 0.05) is 18.8 Å². The molecule has 0 aliphatic heterocycles. The first-order valence-corrected chi connectivity index (χ1v) is 7.63. The SMILES string of the molecule is NNC(Cc1ccn(C2CCCCC2)n1)c1ccncn1. The largest absolute Gasteiger partial charge is 0.271 e. The summed E-state index contributed by atoms with van der Waals surface area (Å²) in [6.07, 6.45) is 12.6. The van der Waals surface area contributed by atoms with Crippen molar-refractivity contribution in [3.05, 3.63) is 42.2 Å². The number of nitrogens with one attached hydrogen (secondary N) is 1. The van der Waals surface area contributed by atoms with Crippen molar-refractivity contribution in [2.45, 2.75) is 50.6 Å². The first-order chi connectivity index (χ1) is 10.4. The van der Waals surface area contributed by atoms with Gasteiger partial charge in [-0.2, -0.15) is 5.10 Å². The molecule has 0 saturated heterocycles. The second-order valence-electron chi connectivity index (χ2n) is 5.64. The van der Waals surface area contributed by atoms with Gasteiger partial charge in [-0.15, -0.1) is 0 Å². The Kier molecular flexibility index (Phi) is 4.57. The lowest BCUT2D eigenvalue weighted by Gasteiger charge is -2.22. The van der Waals surface area contributed by atoms with Gasteiger partial charge in [0.2, 0.25) is 0 Å². The molecule has 2 aromatic rings. The summed E-state index contributed by atoms with van der Waals surface area (Å²) in [7, 11) is 0. The Morgan fingerprint density at radius 1 is 1.29 bits per heavy atom. The third-order valence-electron chi connectivity index (χ3n) is 4.19. The van der Waals surface area contributed by atoms with Crippen molar-refractivity contribution in [2.24, 2.45) is 5.84 Å². The van der Waals surface area contributed by atoms with E-state index in [9.17, 15) is 0 Å². The van der Waals surface area contributed by atoms with E-state index in [-0.39, 0.29) is 6.04 Å². The zero-order chi connectivity index (χ0) is 14.5. The van der Waals surface area contributed by atoms with Crippen LogP contribution in [0, 0.1) is 0 Å². The third-order valence-corrected chi connectivity index (χ3v) is 4.19. The molecular weight excluding hydrogens is 264 g/mol. The van der Waals surface area contributed by atoms with Gasteiger partial charge in [0.25, 0.3) is 0 Å². The van der Waals surface area contributed by atoms with E-state index in [0.717, 1.165) is 17.8 Å². The summed E-state index contributed by atoms with van der Waals surface area (Å²) in [4.78, 5) is 8.19. The highest BCUT2D eigenvalue weighted by Crippen LogP contribution is 2.27. The van der Waals surface area contributed by atoms with Crippen LogP contribution in [0.3, 0.4) is 0 Å². The standard InChI is InChI=1S/C15H22N6/c16-19-15(14-6-8-17-11-18-14)10-12-7-9-21(20-12)13-4-2-1-3-5-13/h6-9,11,13,15,19H,1-5,10,16H2. The van der Waals surface area contributed by atoms with Crippen LogP contribution in [-0.2, 0) is 6.42 Å². The van der Waals surface area contributed by atoms with E-state index in [0.29, 0.717) is 6.04 Å². The maximum atomic E-state index is 5.66. The highest BCUT2D eigenvalue weighted by Gasteiger charge is 2.18. The Bertz CT molecular complexity index is 546. The molecule has 3 rings (SSSR count). The molecule has 1 atom stereocenters. The van der Waals surface area contributed by atoms with Gasteiger partial charge in [0.05, 0.1) is 23.5 Å². The minimum absolute atomic E-state index is 0.0392. The minimum Gasteiger partial charge on any atom is -0.271 e. The van der Waals surface area contributed by atoms with Crippen molar-refractivity contribution in [3.8, 4) is 0 Å². The van der Waals surface area contributed by atoms with Gasteiger partial charge in [-0.25, -0.2) is 9.97 Å².